The minimum atomic E-state index is 0.687. The number of ether oxygens (including phenoxy) is 3. The van der Waals surface area contributed by atoms with E-state index in [0.29, 0.717) is 13.2 Å². The van der Waals surface area contributed by atoms with Crippen molar-refractivity contribution in [1.82, 2.24) is 9.80 Å². The van der Waals surface area contributed by atoms with Crippen molar-refractivity contribution in [3.05, 3.63) is 17.7 Å². The van der Waals surface area contributed by atoms with Crippen LogP contribution in [0.3, 0.4) is 0 Å². The summed E-state index contributed by atoms with van der Waals surface area (Å²) >= 11 is 0. The van der Waals surface area contributed by atoms with Gasteiger partial charge in [0.2, 0.25) is 5.75 Å². The van der Waals surface area contributed by atoms with Crippen molar-refractivity contribution in [1.29, 1.82) is 0 Å². The second kappa shape index (κ2) is 7.88. The van der Waals surface area contributed by atoms with Crippen molar-refractivity contribution in [2.75, 3.05) is 60.1 Å². The largest absolute Gasteiger partial charge is 0.493 e. The molecule has 0 unspecified atom stereocenters. The van der Waals surface area contributed by atoms with Crippen molar-refractivity contribution in [3.63, 3.8) is 0 Å². The predicted octanol–water partition coefficient (Wildman–Crippen LogP) is 2.04. The van der Waals surface area contributed by atoms with Gasteiger partial charge >= 0.3 is 0 Å². The smallest absolute Gasteiger partial charge is 0.203 e. The van der Waals surface area contributed by atoms with Gasteiger partial charge in [-0.25, -0.2) is 0 Å². The van der Waals surface area contributed by atoms with Gasteiger partial charge in [-0.3, -0.25) is 0 Å². The van der Waals surface area contributed by atoms with E-state index in [4.69, 9.17) is 14.2 Å². The van der Waals surface area contributed by atoms with Crippen LogP contribution in [0.5, 0.6) is 17.2 Å². The molecule has 1 fully saturated rings. The fourth-order valence-electron chi connectivity index (χ4n) is 3.17. The second-order valence-electron chi connectivity index (χ2n) is 6.42. The lowest BCUT2D eigenvalue weighted by Gasteiger charge is -2.32. The van der Waals surface area contributed by atoms with Gasteiger partial charge < -0.3 is 24.0 Å². The Morgan fingerprint density at radius 1 is 1.09 bits per heavy atom. The molecule has 2 heterocycles. The third-order valence-corrected chi connectivity index (χ3v) is 4.63. The minimum absolute atomic E-state index is 0.687. The molecule has 2 aliphatic rings. The number of hydrogen-bond acceptors (Lipinski definition) is 5. The van der Waals surface area contributed by atoms with Gasteiger partial charge in [0.15, 0.2) is 11.5 Å². The first-order valence-corrected chi connectivity index (χ1v) is 8.63. The zero-order chi connectivity index (χ0) is 16.1. The van der Waals surface area contributed by atoms with E-state index in [1.54, 1.807) is 7.11 Å². The summed E-state index contributed by atoms with van der Waals surface area (Å²) in [7, 11) is 3.89. The molecule has 2 aliphatic heterocycles. The Morgan fingerprint density at radius 3 is 2.65 bits per heavy atom. The summed E-state index contributed by atoms with van der Waals surface area (Å²) in [6.07, 6.45) is 3.11. The number of methoxy groups -OCH3 is 1. The van der Waals surface area contributed by atoms with Gasteiger partial charge in [0.25, 0.3) is 0 Å². The van der Waals surface area contributed by atoms with E-state index in [1.165, 1.54) is 31.7 Å². The van der Waals surface area contributed by atoms with E-state index < -0.39 is 0 Å². The second-order valence-corrected chi connectivity index (χ2v) is 6.42. The van der Waals surface area contributed by atoms with Crippen LogP contribution in [0.4, 0.5) is 0 Å². The van der Waals surface area contributed by atoms with E-state index >= 15 is 0 Å². The minimum Gasteiger partial charge on any atom is -0.493 e. The normalized spacial score (nSPS) is 19.4. The molecule has 0 atom stereocenters. The molecule has 0 aliphatic carbocycles. The number of fused-ring (bicyclic) bond motifs is 1. The van der Waals surface area contributed by atoms with Gasteiger partial charge in [-0.2, -0.15) is 0 Å². The summed E-state index contributed by atoms with van der Waals surface area (Å²) < 4.78 is 17.1. The fourth-order valence-corrected chi connectivity index (χ4v) is 3.17. The summed E-state index contributed by atoms with van der Waals surface area (Å²) in [5.74, 6) is 2.38. The van der Waals surface area contributed by atoms with E-state index in [9.17, 15) is 0 Å². The molecule has 0 aromatic heterocycles. The molecule has 0 radical (unpaired) electrons. The fraction of sp³-hybridized carbons (Fsp3) is 0.667. The average molecular weight is 320 g/mol. The van der Waals surface area contributed by atoms with Gasteiger partial charge in [0.05, 0.1) is 20.3 Å². The standard InChI is InChI=1S/C18H28N2O3/c1-19-7-9-20(10-8-19)6-3-5-15-13-16(21-2)18-17(14-15)22-11-4-12-23-18/h13-14H,3-12H2,1-2H3. The Morgan fingerprint density at radius 2 is 1.87 bits per heavy atom. The SMILES string of the molecule is COc1cc(CCCN2CCN(C)CC2)cc2c1OCCCO2. The lowest BCUT2D eigenvalue weighted by atomic mass is 10.1. The number of rotatable bonds is 5. The molecule has 1 aromatic rings. The molecule has 5 heteroatoms. The number of hydrogen-bond donors (Lipinski definition) is 0. The molecular formula is C18H28N2O3. The van der Waals surface area contributed by atoms with E-state index in [-0.39, 0.29) is 0 Å². The Hall–Kier alpha value is -1.46. The zero-order valence-electron chi connectivity index (χ0n) is 14.3. The van der Waals surface area contributed by atoms with Crippen molar-refractivity contribution >= 4 is 0 Å². The molecular weight excluding hydrogens is 292 g/mol. The van der Waals surface area contributed by atoms with Crippen molar-refractivity contribution in [3.8, 4) is 17.2 Å². The Labute approximate surface area is 139 Å². The van der Waals surface area contributed by atoms with Gasteiger partial charge in [0.1, 0.15) is 0 Å². The molecule has 0 N–H and O–H groups in total. The van der Waals surface area contributed by atoms with Gasteiger partial charge in [-0.05, 0) is 44.1 Å². The number of aryl methyl sites for hydroxylation is 1. The maximum Gasteiger partial charge on any atom is 0.203 e. The van der Waals surface area contributed by atoms with E-state index in [2.05, 4.69) is 29.0 Å². The molecule has 0 bridgehead atoms. The molecule has 5 nitrogen and oxygen atoms in total. The van der Waals surface area contributed by atoms with Gasteiger partial charge in [0, 0.05) is 32.6 Å². The molecule has 3 rings (SSSR count). The average Bonchev–Trinajstić information content (AvgIpc) is 2.81. The number of likely N-dealkylation sites (N-methyl/N-ethyl adjacent to an activating group) is 1. The van der Waals surface area contributed by atoms with Crippen LogP contribution >= 0.6 is 0 Å². The molecule has 128 valence electrons. The van der Waals surface area contributed by atoms with Crippen LogP contribution in [0.25, 0.3) is 0 Å². The third-order valence-electron chi connectivity index (χ3n) is 4.63. The topological polar surface area (TPSA) is 34.2 Å². The summed E-state index contributed by atoms with van der Waals surface area (Å²) in [6, 6.07) is 4.21. The summed E-state index contributed by atoms with van der Waals surface area (Å²) in [4.78, 5) is 4.95. The third kappa shape index (κ3) is 4.30. The molecule has 0 amide bonds. The lowest BCUT2D eigenvalue weighted by molar-refractivity contribution is 0.153. The van der Waals surface area contributed by atoms with Crippen LogP contribution in [-0.2, 0) is 6.42 Å². The van der Waals surface area contributed by atoms with Crippen LogP contribution in [0.1, 0.15) is 18.4 Å². The predicted molar refractivity (Wildman–Crippen MR) is 90.9 cm³/mol. The Balaban J connectivity index is 1.58. The summed E-state index contributed by atoms with van der Waals surface area (Å²) in [6.45, 7) is 7.27. The van der Waals surface area contributed by atoms with Crippen LogP contribution in [0, 0.1) is 0 Å². The van der Waals surface area contributed by atoms with Crippen LogP contribution in [0.15, 0.2) is 12.1 Å². The summed E-state index contributed by atoms with van der Waals surface area (Å²) in [5.41, 5.74) is 1.26. The quantitative estimate of drug-likeness (QED) is 0.829. The molecule has 0 saturated carbocycles. The molecule has 1 saturated heterocycles. The maximum absolute atomic E-state index is 5.82. The lowest BCUT2D eigenvalue weighted by Crippen LogP contribution is -2.44. The highest BCUT2D eigenvalue weighted by Gasteiger charge is 2.18. The van der Waals surface area contributed by atoms with E-state index in [0.717, 1.165) is 43.1 Å². The monoisotopic (exact) mass is 320 g/mol. The first-order chi connectivity index (χ1) is 11.3. The first-order valence-electron chi connectivity index (χ1n) is 8.63. The Bertz CT molecular complexity index is 513. The van der Waals surface area contributed by atoms with Crippen LogP contribution in [-0.4, -0.2) is 69.9 Å². The number of nitrogens with zero attached hydrogens (tertiary/aromatic N) is 2. The van der Waals surface area contributed by atoms with Crippen LogP contribution < -0.4 is 14.2 Å². The Kier molecular flexibility index (Phi) is 5.62. The zero-order valence-corrected chi connectivity index (χ0v) is 14.3. The highest BCUT2D eigenvalue weighted by molar-refractivity contribution is 5.54. The van der Waals surface area contributed by atoms with E-state index in [1.807, 2.05) is 0 Å². The van der Waals surface area contributed by atoms with Crippen molar-refractivity contribution in [2.24, 2.45) is 0 Å². The molecule has 23 heavy (non-hydrogen) atoms. The van der Waals surface area contributed by atoms with Crippen LogP contribution in [0.2, 0.25) is 0 Å². The van der Waals surface area contributed by atoms with Crippen molar-refractivity contribution in [2.45, 2.75) is 19.3 Å². The molecule has 1 aromatic carbocycles. The number of piperazine rings is 1. The first kappa shape index (κ1) is 16.4. The highest BCUT2D eigenvalue weighted by Crippen LogP contribution is 2.40. The van der Waals surface area contributed by atoms with Crippen molar-refractivity contribution < 1.29 is 14.2 Å². The van der Waals surface area contributed by atoms with Gasteiger partial charge in [-0.15, -0.1) is 0 Å². The highest BCUT2D eigenvalue weighted by atomic mass is 16.5. The maximum atomic E-state index is 5.82. The summed E-state index contributed by atoms with van der Waals surface area (Å²) in [5, 5.41) is 0. The molecule has 0 spiro atoms. The van der Waals surface area contributed by atoms with Gasteiger partial charge in [-0.1, -0.05) is 0 Å². The number of benzene rings is 1.